The fourth-order valence-corrected chi connectivity index (χ4v) is 2.81. The van der Waals surface area contributed by atoms with Crippen molar-refractivity contribution in [1.82, 2.24) is 20.2 Å². The maximum absolute atomic E-state index is 12.3. The van der Waals surface area contributed by atoms with E-state index in [9.17, 15) is 9.59 Å². The number of nitrogens with zero attached hydrogens (tertiary/aromatic N) is 4. The van der Waals surface area contributed by atoms with Crippen LogP contribution in [0.4, 0.5) is 5.95 Å². The zero-order chi connectivity index (χ0) is 18.5. The van der Waals surface area contributed by atoms with Gasteiger partial charge in [0.15, 0.2) is 5.76 Å². The number of hydrogen-bond acceptors (Lipinski definition) is 6. The van der Waals surface area contributed by atoms with E-state index < -0.39 is 0 Å². The molecular formula is C18H23N5O3. The second-order valence-corrected chi connectivity index (χ2v) is 6.21. The summed E-state index contributed by atoms with van der Waals surface area (Å²) in [5.74, 6) is 0.571. The zero-order valence-corrected chi connectivity index (χ0v) is 15.1. The first-order valence-electron chi connectivity index (χ1n) is 8.80. The van der Waals surface area contributed by atoms with Crippen LogP contribution in [0.3, 0.4) is 0 Å². The van der Waals surface area contributed by atoms with E-state index in [0.717, 1.165) is 12.1 Å². The Labute approximate surface area is 152 Å². The fraction of sp³-hybridized carbons (Fsp3) is 0.444. The summed E-state index contributed by atoms with van der Waals surface area (Å²) in [5.41, 5.74) is 1.11. The third kappa shape index (κ3) is 4.01. The molecule has 0 aromatic carbocycles. The van der Waals surface area contributed by atoms with Crippen molar-refractivity contribution >= 4 is 17.8 Å². The van der Waals surface area contributed by atoms with Gasteiger partial charge in [-0.15, -0.1) is 0 Å². The number of aromatic nitrogens is 2. The molecule has 0 radical (unpaired) electrons. The van der Waals surface area contributed by atoms with Gasteiger partial charge in [0, 0.05) is 38.4 Å². The Kier molecular flexibility index (Phi) is 5.50. The number of rotatable bonds is 5. The Morgan fingerprint density at radius 2 is 2.00 bits per heavy atom. The topological polar surface area (TPSA) is 91.6 Å². The molecule has 1 fully saturated rings. The summed E-state index contributed by atoms with van der Waals surface area (Å²) >= 11 is 0. The van der Waals surface area contributed by atoms with Gasteiger partial charge in [0.05, 0.1) is 6.26 Å². The SMILES string of the molecule is CCCNC(=O)c1cc(C)nc(N2CCN(C(=O)c3ccco3)CC2)n1. The number of hydrogen-bond donors (Lipinski definition) is 1. The molecule has 1 N–H and O–H groups in total. The molecule has 2 aromatic rings. The Morgan fingerprint density at radius 3 is 2.65 bits per heavy atom. The van der Waals surface area contributed by atoms with Crippen molar-refractivity contribution in [3.63, 3.8) is 0 Å². The van der Waals surface area contributed by atoms with Crippen LogP contribution < -0.4 is 10.2 Å². The molecule has 0 bridgehead atoms. The molecule has 2 aromatic heterocycles. The van der Waals surface area contributed by atoms with E-state index in [2.05, 4.69) is 15.3 Å². The summed E-state index contributed by atoms with van der Waals surface area (Å²) < 4.78 is 5.18. The molecule has 0 atom stereocenters. The van der Waals surface area contributed by atoms with Gasteiger partial charge in [0.2, 0.25) is 5.95 Å². The quantitative estimate of drug-likeness (QED) is 0.871. The second kappa shape index (κ2) is 7.99. The number of carbonyl (C=O) groups excluding carboxylic acids is 2. The monoisotopic (exact) mass is 357 g/mol. The van der Waals surface area contributed by atoms with Crippen LogP contribution in [0.5, 0.6) is 0 Å². The standard InChI is InChI=1S/C18H23N5O3/c1-3-6-19-16(24)14-12-13(2)20-18(21-14)23-9-7-22(8-10-23)17(25)15-5-4-11-26-15/h4-5,11-12H,3,6-10H2,1-2H3,(H,19,24). The van der Waals surface area contributed by atoms with Crippen molar-refractivity contribution < 1.29 is 14.0 Å². The molecule has 8 nitrogen and oxygen atoms in total. The van der Waals surface area contributed by atoms with E-state index in [1.165, 1.54) is 6.26 Å². The lowest BCUT2D eigenvalue weighted by Gasteiger charge is -2.34. The first-order chi connectivity index (χ1) is 12.6. The Hall–Kier alpha value is -2.90. The Bertz CT molecular complexity index is 767. The van der Waals surface area contributed by atoms with Gasteiger partial charge < -0.3 is 19.5 Å². The summed E-state index contributed by atoms with van der Waals surface area (Å²) in [6.07, 6.45) is 2.36. The van der Waals surface area contributed by atoms with Crippen molar-refractivity contribution in [3.8, 4) is 0 Å². The summed E-state index contributed by atoms with van der Waals surface area (Å²) in [6, 6.07) is 5.06. The van der Waals surface area contributed by atoms with E-state index in [4.69, 9.17) is 4.42 Å². The molecule has 8 heteroatoms. The first kappa shape index (κ1) is 17.9. The van der Waals surface area contributed by atoms with Crippen LogP contribution in [0.1, 0.15) is 40.1 Å². The molecule has 138 valence electrons. The van der Waals surface area contributed by atoms with Crippen LogP contribution in [0.2, 0.25) is 0 Å². The van der Waals surface area contributed by atoms with Crippen molar-refractivity contribution in [2.45, 2.75) is 20.3 Å². The van der Waals surface area contributed by atoms with Crippen LogP contribution >= 0.6 is 0 Å². The third-order valence-corrected chi connectivity index (χ3v) is 4.19. The van der Waals surface area contributed by atoms with Crippen LogP contribution in [-0.2, 0) is 0 Å². The lowest BCUT2D eigenvalue weighted by Crippen LogP contribution is -2.49. The van der Waals surface area contributed by atoms with Crippen molar-refractivity contribution in [3.05, 3.63) is 41.6 Å². The van der Waals surface area contributed by atoms with E-state index in [0.29, 0.717) is 50.1 Å². The molecule has 0 spiro atoms. The minimum atomic E-state index is -0.190. The van der Waals surface area contributed by atoms with Gasteiger partial charge in [-0.05, 0) is 31.5 Å². The summed E-state index contributed by atoms with van der Waals surface area (Å²) in [6.45, 7) is 6.77. The summed E-state index contributed by atoms with van der Waals surface area (Å²) in [7, 11) is 0. The highest BCUT2D eigenvalue weighted by molar-refractivity contribution is 5.92. The maximum Gasteiger partial charge on any atom is 0.289 e. The molecule has 1 saturated heterocycles. The molecule has 1 aliphatic heterocycles. The number of anilines is 1. The Balaban J connectivity index is 1.66. The average molecular weight is 357 g/mol. The first-order valence-corrected chi connectivity index (χ1v) is 8.80. The van der Waals surface area contributed by atoms with E-state index in [1.54, 1.807) is 23.1 Å². The molecule has 26 heavy (non-hydrogen) atoms. The van der Waals surface area contributed by atoms with E-state index in [1.807, 2.05) is 18.7 Å². The van der Waals surface area contributed by atoms with Gasteiger partial charge in [0.1, 0.15) is 5.69 Å². The third-order valence-electron chi connectivity index (χ3n) is 4.19. The van der Waals surface area contributed by atoms with Gasteiger partial charge in [-0.1, -0.05) is 6.92 Å². The summed E-state index contributed by atoms with van der Waals surface area (Å²) in [5, 5.41) is 2.83. The zero-order valence-electron chi connectivity index (χ0n) is 15.1. The molecule has 1 aliphatic rings. The molecule has 3 heterocycles. The maximum atomic E-state index is 12.3. The Morgan fingerprint density at radius 1 is 1.23 bits per heavy atom. The van der Waals surface area contributed by atoms with Gasteiger partial charge in [-0.25, -0.2) is 9.97 Å². The predicted octanol–water partition coefficient (Wildman–Crippen LogP) is 1.48. The van der Waals surface area contributed by atoms with Crippen molar-refractivity contribution in [1.29, 1.82) is 0 Å². The van der Waals surface area contributed by atoms with E-state index >= 15 is 0 Å². The highest BCUT2D eigenvalue weighted by atomic mass is 16.3. The smallest absolute Gasteiger partial charge is 0.289 e. The van der Waals surface area contributed by atoms with E-state index in [-0.39, 0.29) is 11.8 Å². The molecule has 0 aliphatic carbocycles. The highest BCUT2D eigenvalue weighted by Crippen LogP contribution is 2.15. The van der Waals surface area contributed by atoms with Crippen LogP contribution in [-0.4, -0.2) is 59.4 Å². The largest absolute Gasteiger partial charge is 0.459 e. The predicted molar refractivity (Wildman–Crippen MR) is 96.2 cm³/mol. The number of nitrogens with one attached hydrogen (secondary N) is 1. The minimum absolute atomic E-state index is 0.112. The van der Waals surface area contributed by atoms with Crippen LogP contribution in [0.25, 0.3) is 0 Å². The molecule has 0 unspecified atom stereocenters. The molecule has 3 rings (SSSR count). The molecule has 0 saturated carbocycles. The normalized spacial score (nSPS) is 14.4. The average Bonchev–Trinajstić information content (AvgIpc) is 3.20. The summed E-state index contributed by atoms with van der Waals surface area (Å²) in [4.78, 5) is 37.1. The van der Waals surface area contributed by atoms with Crippen molar-refractivity contribution in [2.75, 3.05) is 37.6 Å². The van der Waals surface area contributed by atoms with Gasteiger partial charge in [-0.2, -0.15) is 0 Å². The molecular weight excluding hydrogens is 334 g/mol. The number of piperazine rings is 1. The lowest BCUT2D eigenvalue weighted by atomic mass is 10.3. The number of amides is 2. The fourth-order valence-electron chi connectivity index (χ4n) is 2.81. The second-order valence-electron chi connectivity index (χ2n) is 6.21. The van der Waals surface area contributed by atoms with Gasteiger partial charge >= 0.3 is 0 Å². The molecule has 2 amide bonds. The minimum Gasteiger partial charge on any atom is -0.459 e. The lowest BCUT2D eigenvalue weighted by molar-refractivity contribution is 0.0714. The van der Waals surface area contributed by atoms with Crippen LogP contribution in [0.15, 0.2) is 28.9 Å². The van der Waals surface area contributed by atoms with Gasteiger partial charge in [-0.3, -0.25) is 9.59 Å². The number of carbonyl (C=O) groups is 2. The highest BCUT2D eigenvalue weighted by Gasteiger charge is 2.25. The number of furan rings is 1. The van der Waals surface area contributed by atoms with Crippen LogP contribution in [0, 0.1) is 6.92 Å². The number of aryl methyl sites for hydroxylation is 1. The van der Waals surface area contributed by atoms with Crippen molar-refractivity contribution in [2.24, 2.45) is 0 Å². The van der Waals surface area contributed by atoms with Gasteiger partial charge in [0.25, 0.3) is 11.8 Å².